The number of methoxy groups -OCH3 is 1. The van der Waals surface area contributed by atoms with E-state index >= 15 is 0 Å². The molecule has 22 heavy (non-hydrogen) atoms. The van der Waals surface area contributed by atoms with Crippen molar-refractivity contribution in [3.63, 3.8) is 0 Å². The van der Waals surface area contributed by atoms with Gasteiger partial charge in [-0.2, -0.15) is 0 Å². The van der Waals surface area contributed by atoms with Gasteiger partial charge in [0, 0.05) is 19.4 Å². The zero-order chi connectivity index (χ0) is 16.4. The number of benzene rings is 1. The molecule has 0 amide bonds. The minimum Gasteiger partial charge on any atom is -0.458 e. The van der Waals surface area contributed by atoms with Gasteiger partial charge in [0.1, 0.15) is 23.6 Å². The summed E-state index contributed by atoms with van der Waals surface area (Å²) in [5, 5.41) is 0. The minimum absolute atomic E-state index is 0.329. The molecular weight excluding hydrogens is 285 g/mol. The molecule has 1 aromatic rings. The highest BCUT2D eigenvalue weighted by molar-refractivity contribution is 5.61. The number of carbonyl (C=O) groups excluding carboxylic acids is 1. The molecule has 0 saturated carbocycles. The molecule has 5 heteroatoms. The van der Waals surface area contributed by atoms with Gasteiger partial charge in [-0.3, -0.25) is 0 Å². The van der Waals surface area contributed by atoms with Gasteiger partial charge in [0.15, 0.2) is 0 Å². The first kappa shape index (κ1) is 17.7. The number of rotatable bonds is 4. The molecule has 0 spiro atoms. The summed E-state index contributed by atoms with van der Waals surface area (Å²) in [5.74, 6) is 0.243. The molecule has 1 aromatic carbocycles. The third kappa shape index (κ3) is 6.37. The quantitative estimate of drug-likeness (QED) is 0.869. The molecule has 1 atom stereocenters. The molecule has 0 radical (unpaired) electrons. The first-order valence-corrected chi connectivity index (χ1v) is 6.84. The first-order valence-electron chi connectivity index (χ1n) is 6.84. The zero-order valence-corrected chi connectivity index (χ0v) is 12.7. The Morgan fingerprint density at radius 1 is 1.23 bits per heavy atom. The van der Waals surface area contributed by atoms with Crippen LogP contribution < -0.4 is 10.5 Å². The third-order valence-corrected chi connectivity index (χ3v) is 2.68. The van der Waals surface area contributed by atoms with E-state index in [0.717, 1.165) is 12.9 Å². The van der Waals surface area contributed by atoms with Crippen LogP contribution in [0.1, 0.15) is 6.92 Å². The lowest BCUT2D eigenvalue weighted by atomic mass is 10.1. The molecule has 1 aliphatic carbocycles. The number of halogens is 1. The Morgan fingerprint density at radius 3 is 2.41 bits per heavy atom. The normalized spacial score (nSPS) is 16.6. The molecule has 4 nitrogen and oxygen atoms in total. The molecule has 0 aromatic heterocycles. The van der Waals surface area contributed by atoms with Crippen LogP contribution in [-0.2, 0) is 9.53 Å². The summed E-state index contributed by atoms with van der Waals surface area (Å²) >= 11 is 0. The van der Waals surface area contributed by atoms with Crippen molar-refractivity contribution >= 4 is 6.29 Å². The Morgan fingerprint density at radius 2 is 1.86 bits per heavy atom. The van der Waals surface area contributed by atoms with E-state index in [2.05, 4.69) is 4.74 Å². The van der Waals surface area contributed by atoms with Crippen LogP contribution in [0.4, 0.5) is 4.39 Å². The third-order valence-electron chi connectivity index (χ3n) is 2.68. The SMILES string of the molecule is CCOC.NC1=CC(C=O)C=C(Oc2ccc(F)cc2)C=C1. The van der Waals surface area contributed by atoms with Gasteiger partial charge in [-0.1, -0.05) is 0 Å². The number of nitrogens with two attached hydrogens (primary N) is 1. The van der Waals surface area contributed by atoms with Gasteiger partial charge in [-0.25, -0.2) is 4.39 Å². The average molecular weight is 305 g/mol. The van der Waals surface area contributed by atoms with Crippen LogP contribution in [0.25, 0.3) is 0 Å². The van der Waals surface area contributed by atoms with Gasteiger partial charge >= 0.3 is 0 Å². The van der Waals surface area contributed by atoms with Gasteiger partial charge in [0.25, 0.3) is 0 Å². The molecule has 2 N–H and O–H groups in total. The molecule has 0 saturated heterocycles. The van der Waals surface area contributed by atoms with Gasteiger partial charge < -0.3 is 20.0 Å². The molecule has 118 valence electrons. The smallest absolute Gasteiger partial charge is 0.130 e. The van der Waals surface area contributed by atoms with E-state index < -0.39 is 5.92 Å². The lowest BCUT2D eigenvalue weighted by molar-refractivity contribution is -0.108. The minimum atomic E-state index is -0.421. The van der Waals surface area contributed by atoms with E-state index in [1.165, 1.54) is 24.3 Å². The van der Waals surface area contributed by atoms with Crippen LogP contribution >= 0.6 is 0 Å². The molecule has 0 bridgehead atoms. The Balaban J connectivity index is 0.000000541. The fourth-order valence-corrected chi connectivity index (χ4v) is 1.53. The standard InChI is InChI=1S/C14H12FNO2.C3H8O/c15-11-1-4-13(5-2-11)18-14-6-3-12(16)7-10(8-14)9-17;1-3-4-2/h1-10H,16H2;3H2,1-2H3. The highest BCUT2D eigenvalue weighted by Gasteiger charge is 2.07. The van der Waals surface area contributed by atoms with Crippen molar-refractivity contribution in [2.75, 3.05) is 13.7 Å². The van der Waals surface area contributed by atoms with E-state index in [1.807, 2.05) is 6.92 Å². The summed E-state index contributed by atoms with van der Waals surface area (Å²) in [6.07, 6.45) is 7.36. The Hall–Kier alpha value is -2.40. The summed E-state index contributed by atoms with van der Waals surface area (Å²) in [4.78, 5) is 10.8. The second-order valence-corrected chi connectivity index (χ2v) is 4.42. The van der Waals surface area contributed by atoms with Crippen LogP contribution in [-0.4, -0.2) is 20.0 Å². The van der Waals surface area contributed by atoms with Crippen molar-refractivity contribution in [3.05, 3.63) is 65.8 Å². The van der Waals surface area contributed by atoms with Gasteiger partial charge in [0.2, 0.25) is 0 Å². The van der Waals surface area contributed by atoms with Crippen LogP contribution in [0.2, 0.25) is 0 Å². The van der Waals surface area contributed by atoms with E-state index in [-0.39, 0.29) is 5.82 Å². The largest absolute Gasteiger partial charge is 0.458 e. The van der Waals surface area contributed by atoms with Crippen molar-refractivity contribution < 1.29 is 18.7 Å². The van der Waals surface area contributed by atoms with E-state index in [4.69, 9.17) is 10.5 Å². The maximum Gasteiger partial charge on any atom is 0.130 e. The van der Waals surface area contributed by atoms with Gasteiger partial charge in [-0.15, -0.1) is 0 Å². The highest BCUT2D eigenvalue weighted by Crippen LogP contribution is 2.18. The highest BCUT2D eigenvalue weighted by atomic mass is 19.1. The van der Waals surface area contributed by atoms with Crippen molar-refractivity contribution in [1.82, 2.24) is 0 Å². The number of ether oxygens (including phenoxy) is 2. The molecule has 1 aliphatic rings. The first-order chi connectivity index (χ1) is 10.6. The molecule has 0 aliphatic heterocycles. The number of aldehydes is 1. The lowest BCUT2D eigenvalue weighted by Crippen LogP contribution is -2.00. The Labute approximate surface area is 129 Å². The second-order valence-electron chi connectivity index (χ2n) is 4.42. The molecule has 0 heterocycles. The summed E-state index contributed by atoms with van der Waals surface area (Å²) in [5.41, 5.74) is 6.15. The van der Waals surface area contributed by atoms with Crippen LogP contribution in [0.3, 0.4) is 0 Å². The second kappa shape index (κ2) is 9.52. The van der Waals surface area contributed by atoms with Gasteiger partial charge in [-0.05, 0) is 55.5 Å². The Bertz CT molecular complexity index is 560. The number of hydrogen-bond acceptors (Lipinski definition) is 4. The molecular formula is C17H20FNO3. The van der Waals surface area contributed by atoms with Crippen molar-refractivity contribution in [3.8, 4) is 5.75 Å². The number of carbonyl (C=O) groups is 1. The summed E-state index contributed by atoms with van der Waals surface area (Å²) in [6.45, 7) is 2.78. The summed E-state index contributed by atoms with van der Waals surface area (Å²) in [7, 11) is 1.68. The molecule has 1 unspecified atom stereocenters. The predicted molar refractivity (Wildman–Crippen MR) is 83.6 cm³/mol. The Kier molecular flexibility index (Phi) is 7.64. The van der Waals surface area contributed by atoms with Crippen LogP contribution in [0.15, 0.2) is 60.0 Å². The fourth-order valence-electron chi connectivity index (χ4n) is 1.53. The van der Waals surface area contributed by atoms with E-state index in [1.54, 1.807) is 31.4 Å². The lowest BCUT2D eigenvalue weighted by Gasteiger charge is -2.06. The summed E-state index contributed by atoms with van der Waals surface area (Å²) < 4.78 is 22.8. The van der Waals surface area contributed by atoms with Gasteiger partial charge in [0.05, 0.1) is 5.92 Å². The van der Waals surface area contributed by atoms with Crippen molar-refractivity contribution in [2.24, 2.45) is 11.7 Å². The topological polar surface area (TPSA) is 61.5 Å². The van der Waals surface area contributed by atoms with Crippen molar-refractivity contribution in [2.45, 2.75) is 6.92 Å². The molecule has 2 rings (SSSR count). The fraction of sp³-hybridized carbons (Fsp3) is 0.235. The van der Waals surface area contributed by atoms with E-state index in [0.29, 0.717) is 17.2 Å². The zero-order valence-electron chi connectivity index (χ0n) is 12.7. The summed E-state index contributed by atoms with van der Waals surface area (Å²) in [6, 6.07) is 5.64. The van der Waals surface area contributed by atoms with Crippen molar-refractivity contribution in [1.29, 1.82) is 0 Å². The maximum absolute atomic E-state index is 12.7. The van der Waals surface area contributed by atoms with Crippen LogP contribution in [0.5, 0.6) is 5.75 Å². The van der Waals surface area contributed by atoms with E-state index in [9.17, 15) is 9.18 Å². The van der Waals surface area contributed by atoms with Crippen LogP contribution in [0, 0.1) is 11.7 Å². The number of allylic oxidation sites excluding steroid dienone is 4. The number of hydrogen-bond donors (Lipinski definition) is 1. The predicted octanol–water partition coefficient (Wildman–Crippen LogP) is 2.97. The monoisotopic (exact) mass is 305 g/mol. The average Bonchev–Trinajstić information content (AvgIpc) is 2.71. The molecule has 0 fully saturated rings. The maximum atomic E-state index is 12.7.